The van der Waals surface area contributed by atoms with Gasteiger partial charge < -0.3 is 29.5 Å². The zero-order valence-corrected chi connectivity index (χ0v) is 20.8. The quantitative estimate of drug-likeness (QED) is 0.452. The SMILES string of the molecule is COc1cc(O)c(C=O)c(OCC(=O)Nc2cc([C@H]3CC[C@@H](OC(=O)N4CC5CC(C4)N5C)C3)[nH]n2)c1. The largest absolute Gasteiger partial charge is 0.507 e. The highest BCUT2D eigenvalue weighted by Crippen LogP contribution is 2.37. The monoisotopic (exact) mass is 513 g/mol. The van der Waals surface area contributed by atoms with Gasteiger partial charge in [0.1, 0.15) is 23.4 Å². The van der Waals surface area contributed by atoms with Crippen molar-refractivity contribution >= 4 is 24.1 Å². The first-order chi connectivity index (χ1) is 17.8. The van der Waals surface area contributed by atoms with Crippen molar-refractivity contribution in [2.24, 2.45) is 0 Å². The maximum atomic E-state index is 12.6. The van der Waals surface area contributed by atoms with E-state index in [9.17, 15) is 19.5 Å². The van der Waals surface area contributed by atoms with Gasteiger partial charge in [-0.3, -0.25) is 19.6 Å². The number of ether oxygens (including phenoxy) is 3. The number of phenolic OH excluding ortho intramolecular Hbond substituents is 1. The number of aromatic hydroxyl groups is 1. The van der Waals surface area contributed by atoms with Gasteiger partial charge in [-0.15, -0.1) is 0 Å². The van der Waals surface area contributed by atoms with Gasteiger partial charge in [0.15, 0.2) is 18.7 Å². The van der Waals surface area contributed by atoms with Crippen molar-refractivity contribution in [2.75, 3.05) is 39.2 Å². The fourth-order valence-electron chi connectivity index (χ4n) is 5.37. The number of aromatic nitrogens is 2. The third kappa shape index (κ3) is 5.19. The molecule has 3 N–H and O–H groups in total. The van der Waals surface area contributed by atoms with E-state index in [4.69, 9.17) is 14.2 Å². The van der Waals surface area contributed by atoms with Gasteiger partial charge in [-0.2, -0.15) is 5.10 Å². The molecule has 2 amide bonds. The number of nitrogens with one attached hydrogen (secondary N) is 2. The topological polar surface area (TPSA) is 146 Å². The van der Waals surface area contributed by atoms with Crippen molar-refractivity contribution in [3.63, 3.8) is 0 Å². The van der Waals surface area contributed by atoms with Crippen LogP contribution < -0.4 is 14.8 Å². The molecule has 1 aromatic carbocycles. The first-order valence-corrected chi connectivity index (χ1v) is 12.4. The molecule has 2 unspecified atom stereocenters. The van der Waals surface area contributed by atoms with Gasteiger partial charge >= 0.3 is 6.09 Å². The maximum absolute atomic E-state index is 12.6. The number of amides is 2. The van der Waals surface area contributed by atoms with E-state index in [0.29, 0.717) is 30.6 Å². The number of fused-ring (bicyclic) bond motifs is 2. The van der Waals surface area contributed by atoms with Crippen LogP contribution in [0, 0.1) is 0 Å². The summed E-state index contributed by atoms with van der Waals surface area (Å²) >= 11 is 0. The predicted molar refractivity (Wildman–Crippen MR) is 131 cm³/mol. The summed E-state index contributed by atoms with van der Waals surface area (Å²) in [7, 11) is 3.51. The average molecular weight is 514 g/mol. The number of hydrogen-bond donors (Lipinski definition) is 3. The standard InChI is InChI=1S/C25H31N5O7/c1-29-15-6-16(29)11-30(10-15)25(34)37-17-4-3-14(5-17)20-9-23(28-27-20)26-24(33)13-36-22-8-18(35-2)7-21(32)19(22)12-31/h7-9,12,14-17,32H,3-6,10-11,13H2,1-2H3,(H2,26,27,28,33)/t14-,15?,16?,17+/m0/s1. The summed E-state index contributed by atoms with van der Waals surface area (Å²) in [5.41, 5.74) is 0.785. The number of piperidine rings is 1. The number of carbonyl (C=O) groups excluding carboxylic acids is 3. The summed E-state index contributed by atoms with van der Waals surface area (Å²) in [6.07, 6.45) is 3.54. The molecular formula is C25H31N5O7. The fraction of sp³-hybridized carbons (Fsp3) is 0.520. The summed E-state index contributed by atoms with van der Waals surface area (Å²) < 4.78 is 16.3. The highest BCUT2D eigenvalue weighted by molar-refractivity contribution is 5.91. The molecule has 2 bridgehead atoms. The van der Waals surface area contributed by atoms with Crippen molar-refractivity contribution in [1.82, 2.24) is 20.0 Å². The molecule has 3 aliphatic heterocycles. The highest BCUT2D eigenvalue weighted by Gasteiger charge is 2.44. The van der Waals surface area contributed by atoms with E-state index in [0.717, 1.165) is 38.0 Å². The highest BCUT2D eigenvalue weighted by atomic mass is 16.6. The van der Waals surface area contributed by atoms with Crippen molar-refractivity contribution in [1.29, 1.82) is 0 Å². The van der Waals surface area contributed by atoms with Crippen LogP contribution in [0.3, 0.4) is 0 Å². The first kappa shape index (κ1) is 24.9. The van der Waals surface area contributed by atoms with E-state index in [1.54, 1.807) is 6.07 Å². The normalized spacial score (nSPS) is 24.8. The summed E-state index contributed by atoms with van der Waals surface area (Å²) in [5.74, 6) is 0.0110. The summed E-state index contributed by atoms with van der Waals surface area (Å²) in [5, 5.41) is 19.7. The maximum Gasteiger partial charge on any atom is 0.410 e. The summed E-state index contributed by atoms with van der Waals surface area (Å²) in [4.78, 5) is 40.4. The molecule has 1 aliphatic carbocycles. The van der Waals surface area contributed by atoms with Crippen LogP contribution in [-0.4, -0.2) is 95.4 Å². The van der Waals surface area contributed by atoms with Crippen LogP contribution in [0.15, 0.2) is 18.2 Å². The molecule has 6 rings (SSSR count). The molecule has 0 spiro atoms. The van der Waals surface area contributed by atoms with Crippen LogP contribution in [0.5, 0.6) is 17.2 Å². The van der Waals surface area contributed by atoms with Crippen LogP contribution in [0.25, 0.3) is 0 Å². The Morgan fingerprint density at radius 1 is 1.22 bits per heavy atom. The number of rotatable bonds is 8. The molecule has 0 radical (unpaired) electrons. The van der Waals surface area contributed by atoms with Crippen LogP contribution in [0.4, 0.5) is 10.6 Å². The van der Waals surface area contributed by atoms with Crippen molar-refractivity contribution < 1.29 is 33.7 Å². The Bertz CT molecular complexity index is 1170. The van der Waals surface area contributed by atoms with Crippen LogP contribution in [0.2, 0.25) is 0 Å². The molecule has 12 heteroatoms. The first-order valence-electron chi connectivity index (χ1n) is 12.4. The van der Waals surface area contributed by atoms with Gasteiger partial charge in [0, 0.05) is 55.0 Å². The van der Waals surface area contributed by atoms with Gasteiger partial charge in [-0.05, 0) is 32.7 Å². The van der Waals surface area contributed by atoms with Gasteiger partial charge in [0.2, 0.25) is 0 Å². The van der Waals surface area contributed by atoms with Gasteiger partial charge in [0.25, 0.3) is 5.91 Å². The molecule has 4 heterocycles. The second kappa shape index (κ2) is 10.3. The predicted octanol–water partition coefficient (Wildman–Crippen LogP) is 2.11. The number of aromatic amines is 1. The minimum Gasteiger partial charge on any atom is -0.507 e. The van der Waals surface area contributed by atoms with E-state index >= 15 is 0 Å². The number of likely N-dealkylation sites (N-methyl/N-ethyl adjacent to an activating group) is 1. The molecule has 3 saturated heterocycles. The van der Waals surface area contributed by atoms with Crippen LogP contribution in [0.1, 0.15) is 47.7 Å². The molecule has 1 aromatic heterocycles. The van der Waals surface area contributed by atoms with E-state index in [2.05, 4.69) is 27.5 Å². The number of aldehydes is 1. The zero-order chi connectivity index (χ0) is 26.1. The second-order valence-corrected chi connectivity index (χ2v) is 9.85. The third-order valence-electron chi connectivity index (χ3n) is 7.58. The van der Waals surface area contributed by atoms with E-state index < -0.39 is 12.5 Å². The number of carbonyl (C=O) groups is 3. The Morgan fingerprint density at radius 2 is 2.00 bits per heavy atom. The lowest BCUT2D eigenvalue weighted by atomic mass is 9.89. The molecule has 198 valence electrons. The lowest BCUT2D eigenvalue weighted by Crippen LogP contribution is -2.68. The van der Waals surface area contributed by atoms with Crippen molar-refractivity contribution in [3.8, 4) is 17.2 Å². The Morgan fingerprint density at radius 3 is 2.70 bits per heavy atom. The van der Waals surface area contributed by atoms with E-state index in [1.807, 2.05) is 4.90 Å². The molecule has 4 atom stereocenters. The average Bonchev–Trinajstić information content (AvgIpc) is 3.56. The van der Waals surface area contributed by atoms with Gasteiger partial charge in [-0.1, -0.05) is 0 Å². The number of piperazine rings is 1. The lowest BCUT2D eigenvalue weighted by molar-refractivity contribution is -0.118. The fourth-order valence-corrected chi connectivity index (χ4v) is 5.37. The number of H-pyrrole nitrogens is 1. The van der Waals surface area contributed by atoms with Crippen LogP contribution >= 0.6 is 0 Å². The minimum absolute atomic E-state index is 0.0323. The number of phenols is 1. The smallest absolute Gasteiger partial charge is 0.410 e. The Hall–Kier alpha value is -3.80. The Kier molecular flexibility index (Phi) is 6.92. The van der Waals surface area contributed by atoms with Gasteiger partial charge in [0.05, 0.1) is 12.7 Å². The van der Waals surface area contributed by atoms with Crippen molar-refractivity contribution in [3.05, 3.63) is 29.5 Å². The number of methoxy groups -OCH3 is 1. The molecule has 4 fully saturated rings. The third-order valence-corrected chi connectivity index (χ3v) is 7.58. The number of nitrogens with zero attached hydrogens (tertiary/aromatic N) is 3. The summed E-state index contributed by atoms with van der Waals surface area (Å²) in [6, 6.07) is 5.35. The molecule has 12 nitrogen and oxygen atoms in total. The molecule has 37 heavy (non-hydrogen) atoms. The minimum atomic E-state index is -0.485. The molecule has 2 aromatic rings. The summed E-state index contributed by atoms with van der Waals surface area (Å²) in [6.45, 7) is 1.06. The van der Waals surface area contributed by atoms with E-state index in [-0.39, 0.29) is 40.9 Å². The van der Waals surface area contributed by atoms with Gasteiger partial charge in [-0.25, -0.2) is 4.79 Å². The molecule has 4 aliphatic rings. The van der Waals surface area contributed by atoms with Crippen molar-refractivity contribution in [2.45, 2.75) is 49.8 Å². The lowest BCUT2D eigenvalue weighted by Gasteiger charge is -2.54. The molecular weight excluding hydrogens is 482 g/mol. The second-order valence-electron chi connectivity index (χ2n) is 9.85. The number of anilines is 1. The Balaban J connectivity index is 1.10. The van der Waals surface area contributed by atoms with E-state index in [1.165, 1.54) is 19.2 Å². The zero-order valence-electron chi connectivity index (χ0n) is 20.8. The number of benzene rings is 1. The Labute approximate surface area is 213 Å². The van der Waals surface area contributed by atoms with Crippen LogP contribution in [-0.2, 0) is 9.53 Å². The number of hydrogen-bond acceptors (Lipinski definition) is 9. The molecule has 1 saturated carbocycles.